The van der Waals surface area contributed by atoms with Crippen molar-refractivity contribution in [2.24, 2.45) is 0 Å². The Morgan fingerprint density at radius 1 is 1.10 bits per heavy atom. The number of carbonyl (C=O) groups excluding carboxylic acids is 2. The summed E-state index contributed by atoms with van der Waals surface area (Å²) in [6.07, 6.45) is 2.14. The normalized spacial score (nSPS) is 10.0. The number of aromatic nitrogens is 1. The van der Waals surface area contributed by atoms with E-state index in [4.69, 9.17) is 14.2 Å². The van der Waals surface area contributed by atoms with E-state index in [2.05, 4.69) is 0 Å². The Hall–Kier alpha value is -2.76. The Morgan fingerprint density at radius 2 is 1.71 bits per heavy atom. The monoisotopic (exact) mass is 289 g/mol. The van der Waals surface area contributed by atoms with E-state index in [1.54, 1.807) is 12.1 Å². The van der Waals surface area contributed by atoms with E-state index in [-0.39, 0.29) is 11.6 Å². The highest BCUT2D eigenvalue weighted by atomic mass is 16.5. The first-order chi connectivity index (χ1) is 10.2. The first-order valence-electron chi connectivity index (χ1n) is 6.13. The molecule has 1 heterocycles. The number of ether oxygens (including phenoxy) is 3. The quantitative estimate of drug-likeness (QED) is 0.788. The van der Waals surface area contributed by atoms with E-state index in [0.29, 0.717) is 29.1 Å². The average molecular weight is 289 g/mol. The summed E-state index contributed by atoms with van der Waals surface area (Å²) >= 11 is 0. The summed E-state index contributed by atoms with van der Waals surface area (Å²) in [7, 11) is 4.43. The SMILES string of the molecule is COc1cc(C(=O)n2cccc2C=O)cc(OC)c1OC. The van der Waals surface area contributed by atoms with Gasteiger partial charge in [-0.15, -0.1) is 0 Å². The van der Waals surface area contributed by atoms with Crippen molar-refractivity contribution < 1.29 is 23.8 Å². The van der Waals surface area contributed by atoms with Gasteiger partial charge in [0, 0.05) is 11.8 Å². The van der Waals surface area contributed by atoms with E-state index in [1.165, 1.54) is 44.2 Å². The fourth-order valence-electron chi connectivity index (χ4n) is 2.02. The van der Waals surface area contributed by atoms with Crippen molar-refractivity contribution >= 4 is 12.2 Å². The highest BCUT2D eigenvalue weighted by molar-refractivity contribution is 5.99. The third-order valence-electron chi connectivity index (χ3n) is 3.03. The Bertz CT molecular complexity index is 649. The van der Waals surface area contributed by atoms with Crippen LogP contribution >= 0.6 is 0 Å². The Balaban J connectivity index is 2.54. The smallest absolute Gasteiger partial charge is 0.262 e. The van der Waals surface area contributed by atoms with Gasteiger partial charge in [0.15, 0.2) is 17.8 Å². The Kier molecular flexibility index (Phi) is 4.27. The van der Waals surface area contributed by atoms with Gasteiger partial charge < -0.3 is 14.2 Å². The predicted octanol–water partition coefficient (Wildman–Crippen LogP) is 2.01. The van der Waals surface area contributed by atoms with Crippen molar-refractivity contribution in [1.82, 2.24) is 4.57 Å². The van der Waals surface area contributed by atoms with E-state index < -0.39 is 0 Å². The third-order valence-corrected chi connectivity index (χ3v) is 3.03. The maximum Gasteiger partial charge on any atom is 0.262 e. The minimum Gasteiger partial charge on any atom is -0.493 e. The van der Waals surface area contributed by atoms with Gasteiger partial charge in [0.1, 0.15) is 0 Å². The van der Waals surface area contributed by atoms with E-state index >= 15 is 0 Å². The second-order valence-corrected chi connectivity index (χ2v) is 4.14. The van der Waals surface area contributed by atoms with Crippen molar-refractivity contribution in [3.63, 3.8) is 0 Å². The standard InChI is InChI=1S/C15H15NO5/c1-19-12-7-10(8-13(20-2)14(12)21-3)15(18)16-6-4-5-11(16)9-17/h4-9H,1-3H3. The molecule has 0 spiro atoms. The van der Waals surface area contributed by atoms with Crippen molar-refractivity contribution in [2.75, 3.05) is 21.3 Å². The van der Waals surface area contributed by atoms with Gasteiger partial charge in [0.2, 0.25) is 5.75 Å². The van der Waals surface area contributed by atoms with Gasteiger partial charge in [0.25, 0.3) is 5.91 Å². The zero-order valence-corrected chi connectivity index (χ0v) is 12.0. The van der Waals surface area contributed by atoms with Gasteiger partial charge in [-0.05, 0) is 24.3 Å². The minimum atomic E-state index is -0.360. The van der Waals surface area contributed by atoms with Crippen LogP contribution in [0, 0.1) is 0 Å². The maximum atomic E-state index is 12.5. The minimum absolute atomic E-state index is 0.272. The summed E-state index contributed by atoms with van der Waals surface area (Å²) in [6, 6.07) is 6.26. The maximum absolute atomic E-state index is 12.5. The second-order valence-electron chi connectivity index (χ2n) is 4.14. The van der Waals surface area contributed by atoms with Crippen LogP contribution in [0.3, 0.4) is 0 Å². The molecule has 0 amide bonds. The number of rotatable bonds is 5. The summed E-state index contributed by atoms with van der Waals surface area (Å²) in [5.41, 5.74) is 0.595. The molecular weight excluding hydrogens is 274 g/mol. The van der Waals surface area contributed by atoms with Crippen LogP contribution in [0.25, 0.3) is 0 Å². The van der Waals surface area contributed by atoms with Gasteiger partial charge in [0.05, 0.1) is 27.0 Å². The van der Waals surface area contributed by atoms with Crippen molar-refractivity contribution in [3.8, 4) is 17.2 Å². The number of methoxy groups -OCH3 is 3. The number of nitrogens with zero attached hydrogens (tertiary/aromatic N) is 1. The molecule has 2 aromatic rings. The lowest BCUT2D eigenvalue weighted by molar-refractivity contribution is 0.0946. The molecule has 2 rings (SSSR count). The van der Waals surface area contributed by atoms with Crippen molar-refractivity contribution in [3.05, 3.63) is 41.7 Å². The first kappa shape index (κ1) is 14.6. The molecule has 0 aliphatic rings. The topological polar surface area (TPSA) is 66.8 Å². The lowest BCUT2D eigenvalue weighted by Gasteiger charge is -2.14. The van der Waals surface area contributed by atoms with Crippen molar-refractivity contribution in [2.45, 2.75) is 0 Å². The molecule has 0 radical (unpaired) electrons. The van der Waals surface area contributed by atoms with Crippen molar-refractivity contribution in [1.29, 1.82) is 0 Å². The molecule has 0 aliphatic carbocycles. The molecule has 0 saturated carbocycles. The molecule has 0 unspecified atom stereocenters. The van der Waals surface area contributed by atoms with E-state index in [9.17, 15) is 9.59 Å². The summed E-state index contributed by atoms with van der Waals surface area (Å²) in [6.45, 7) is 0. The number of hydrogen-bond acceptors (Lipinski definition) is 5. The van der Waals surface area contributed by atoms with Gasteiger partial charge >= 0.3 is 0 Å². The molecule has 110 valence electrons. The number of hydrogen-bond donors (Lipinski definition) is 0. The fourth-order valence-corrected chi connectivity index (χ4v) is 2.02. The highest BCUT2D eigenvalue weighted by Crippen LogP contribution is 2.38. The van der Waals surface area contributed by atoms with Gasteiger partial charge in [-0.3, -0.25) is 14.2 Å². The molecule has 0 atom stereocenters. The van der Waals surface area contributed by atoms with Gasteiger partial charge in [-0.25, -0.2) is 0 Å². The molecule has 0 saturated heterocycles. The molecule has 0 N–H and O–H groups in total. The van der Waals surface area contributed by atoms with Crippen LogP contribution in [0.4, 0.5) is 0 Å². The zero-order chi connectivity index (χ0) is 15.4. The lowest BCUT2D eigenvalue weighted by atomic mass is 10.1. The van der Waals surface area contributed by atoms with E-state index in [0.717, 1.165) is 0 Å². The first-order valence-corrected chi connectivity index (χ1v) is 6.13. The lowest BCUT2D eigenvalue weighted by Crippen LogP contribution is -2.14. The summed E-state index contributed by atoms with van der Waals surface area (Å²) in [4.78, 5) is 23.4. The molecular formula is C15H15NO5. The highest BCUT2D eigenvalue weighted by Gasteiger charge is 2.18. The molecule has 6 heteroatoms. The number of carbonyl (C=O) groups is 2. The summed E-state index contributed by atoms with van der Waals surface area (Å²) in [5, 5.41) is 0. The van der Waals surface area contributed by atoms with Crippen LogP contribution in [0.5, 0.6) is 17.2 Å². The second kappa shape index (κ2) is 6.13. The molecule has 1 aromatic carbocycles. The molecule has 0 bridgehead atoms. The molecule has 1 aromatic heterocycles. The predicted molar refractivity (Wildman–Crippen MR) is 75.6 cm³/mol. The fraction of sp³-hybridized carbons (Fsp3) is 0.200. The van der Waals surface area contributed by atoms with Crippen LogP contribution in [0.1, 0.15) is 20.8 Å². The van der Waals surface area contributed by atoms with Gasteiger partial charge in [-0.1, -0.05) is 0 Å². The number of aldehydes is 1. The molecule has 0 aliphatic heterocycles. The van der Waals surface area contributed by atoms with Crippen LogP contribution in [0.15, 0.2) is 30.5 Å². The third kappa shape index (κ3) is 2.60. The van der Waals surface area contributed by atoms with Crippen LogP contribution in [-0.4, -0.2) is 38.1 Å². The molecule has 0 fully saturated rings. The van der Waals surface area contributed by atoms with E-state index in [1.807, 2.05) is 0 Å². The molecule has 21 heavy (non-hydrogen) atoms. The zero-order valence-electron chi connectivity index (χ0n) is 12.0. The van der Waals surface area contributed by atoms with Crippen LogP contribution < -0.4 is 14.2 Å². The van der Waals surface area contributed by atoms with Crippen LogP contribution in [0.2, 0.25) is 0 Å². The average Bonchev–Trinajstić information content (AvgIpc) is 3.01. The largest absolute Gasteiger partial charge is 0.493 e. The van der Waals surface area contributed by atoms with Crippen LogP contribution in [-0.2, 0) is 0 Å². The Labute approximate surface area is 121 Å². The Morgan fingerprint density at radius 3 is 2.19 bits per heavy atom. The molecule has 6 nitrogen and oxygen atoms in total. The van der Waals surface area contributed by atoms with Gasteiger partial charge in [-0.2, -0.15) is 0 Å². The summed E-state index contributed by atoms with van der Waals surface area (Å²) in [5.74, 6) is 0.793. The summed E-state index contributed by atoms with van der Waals surface area (Å²) < 4.78 is 16.9. The number of benzene rings is 1.